The second-order valence-electron chi connectivity index (χ2n) is 12.1. The van der Waals surface area contributed by atoms with E-state index in [0.717, 1.165) is 104 Å². The first-order valence-electron chi connectivity index (χ1n) is 15.7. The molecule has 0 aliphatic heterocycles. The molecule has 222 valence electrons. The Kier molecular flexibility index (Phi) is 5.32. The zero-order valence-electron chi connectivity index (χ0n) is 25.5. The number of rotatable bonds is 4. The maximum Gasteiger partial charge on any atom is 0.139 e. The van der Waals surface area contributed by atoms with Gasteiger partial charge in [-0.15, -0.1) is 0 Å². The van der Waals surface area contributed by atoms with Gasteiger partial charge in [0.15, 0.2) is 0 Å². The summed E-state index contributed by atoms with van der Waals surface area (Å²) in [5.41, 5.74) is 10.9. The van der Waals surface area contributed by atoms with E-state index in [1.807, 2.05) is 49.4 Å². The third kappa shape index (κ3) is 3.82. The van der Waals surface area contributed by atoms with Crippen LogP contribution in [0.5, 0.6) is 0 Å². The summed E-state index contributed by atoms with van der Waals surface area (Å²) >= 11 is 0. The molecule has 0 aliphatic rings. The zero-order valence-corrected chi connectivity index (χ0v) is 25.5. The molecule has 10 aromatic rings. The molecule has 4 nitrogen and oxygen atoms in total. The van der Waals surface area contributed by atoms with Gasteiger partial charge >= 0.3 is 0 Å². The molecule has 47 heavy (non-hydrogen) atoms. The quantitative estimate of drug-likeness (QED) is 0.187. The van der Waals surface area contributed by atoms with Gasteiger partial charge in [-0.1, -0.05) is 73.3 Å². The fraction of sp³-hybridized carbons (Fsp3) is 0.0233. The SMILES string of the molecule is C=C/C(=C\C=C/C)c1ccc2oc3cc4c(cc3c2c1)oc1cc2oc3cc5oc6ccc(-c7ccccc7)cc6c5cc3c2cc14. The zero-order chi connectivity index (χ0) is 31.2. The molecule has 0 saturated heterocycles. The topological polar surface area (TPSA) is 52.6 Å². The van der Waals surface area contributed by atoms with Crippen molar-refractivity contribution < 1.29 is 17.7 Å². The van der Waals surface area contributed by atoms with Gasteiger partial charge in [0.1, 0.15) is 44.7 Å². The van der Waals surface area contributed by atoms with Crippen LogP contribution in [0.3, 0.4) is 0 Å². The minimum absolute atomic E-state index is 0.772. The summed E-state index contributed by atoms with van der Waals surface area (Å²) in [7, 11) is 0. The van der Waals surface area contributed by atoms with Gasteiger partial charge in [0.05, 0.1) is 0 Å². The monoisotopic (exact) mass is 606 g/mol. The second-order valence-corrected chi connectivity index (χ2v) is 12.1. The average Bonchev–Trinajstić information content (AvgIpc) is 3.84. The minimum atomic E-state index is 0.772. The number of furan rings is 4. The molecule has 4 heterocycles. The van der Waals surface area contributed by atoms with Crippen molar-refractivity contribution in [3.05, 3.63) is 140 Å². The van der Waals surface area contributed by atoms with Gasteiger partial charge in [-0.3, -0.25) is 0 Å². The molecule has 0 spiro atoms. The molecule has 0 saturated carbocycles. The van der Waals surface area contributed by atoms with Gasteiger partial charge in [-0.05, 0) is 77.7 Å². The van der Waals surface area contributed by atoms with Gasteiger partial charge in [-0.2, -0.15) is 0 Å². The van der Waals surface area contributed by atoms with E-state index < -0.39 is 0 Å². The van der Waals surface area contributed by atoms with Crippen LogP contribution in [0.2, 0.25) is 0 Å². The van der Waals surface area contributed by atoms with E-state index in [4.69, 9.17) is 17.7 Å². The van der Waals surface area contributed by atoms with Crippen molar-refractivity contribution in [3.63, 3.8) is 0 Å². The summed E-state index contributed by atoms with van der Waals surface area (Å²) in [4.78, 5) is 0. The maximum atomic E-state index is 6.45. The molecular weight excluding hydrogens is 580 g/mol. The third-order valence-electron chi connectivity index (χ3n) is 9.37. The molecule has 0 unspecified atom stereocenters. The van der Waals surface area contributed by atoms with Gasteiger partial charge in [-0.25, -0.2) is 0 Å². The first kappa shape index (κ1) is 26.0. The van der Waals surface area contributed by atoms with Crippen molar-refractivity contribution in [2.75, 3.05) is 0 Å². The Hall–Kier alpha value is -6.26. The van der Waals surface area contributed by atoms with E-state index in [1.165, 1.54) is 5.56 Å². The van der Waals surface area contributed by atoms with Crippen LogP contribution in [0.4, 0.5) is 0 Å². The summed E-state index contributed by atoms with van der Waals surface area (Å²) in [6, 6.07) is 35.6. The largest absolute Gasteiger partial charge is 0.456 e. The molecule has 10 rings (SSSR count). The molecule has 0 N–H and O–H groups in total. The van der Waals surface area contributed by atoms with Crippen LogP contribution in [0.25, 0.3) is 104 Å². The standard InChI is InChI=1S/C43H26O4/c1-3-5-9-24(4-2)26-12-14-37-29(16-26)34-20-39-35(21-38(34)44-37)33-19-32-31-18-30-28-17-27(25-10-7-6-8-11-25)13-15-36(28)45-40(30)22-41(31)47-42(32)23-43(33)46-39/h3-23H,2H2,1H3/b5-3-,24-9+. The fourth-order valence-electron chi connectivity index (χ4n) is 7.06. The average molecular weight is 607 g/mol. The highest BCUT2D eigenvalue weighted by Gasteiger charge is 2.19. The van der Waals surface area contributed by atoms with Crippen molar-refractivity contribution in [2.24, 2.45) is 0 Å². The molecule has 0 aliphatic carbocycles. The Bertz CT molecular complexity index is 2970. The lowest BCUT2D eigenvalue weighted by molar-refractivity contribution is 0.651. The summed E-state index contributed by atoms with van der Waals surface area (Å²) in [6.45, 7) is 6.01. The van der Waals surface area contributed by atoms with E-state index in [9.17, 15) is 0 Å². The molecule has 4 aromatic heterocycles. The van der Waals surface area contributed by atoms with E-state index in [1.54, 1.807) is 0 Å². The summed E-state index contributed by atoms with van der Waals surface area (Å²) in [5.74, 6) is 0. The Morgan fingerprint density at radius 1 is 0.468 bits per heavy atom. The maximum absolute atomic E-state index is 6.45. The molecule has 6 aromatic carbocycles. The Balaban J connectivity index is 1.16. The predicted octanol–water partition coefficient (Wildman–Crippen LogP) is 13.1. The van der Waals surface area contributed by atoms with Crippen LogP contribution in [0.15, 0.2) is 152 Å². The van der Waals surface area contributed by atoms with Crippen LogP contribution in [0.1, 0.15) is 12.5 Å². The van der Waals surface area contributed by atoms with Gasteiger partial charge in [0.2, 0.25) is 0 Å². The number of benzene rings is 6. The Morgan fingerprint density at radius 2 is 0.957 bits per heavy atom. The first-order chi connectivity index (χ1) is 23.1. The fourth-order valence-corrected chi connectivity index (χ4v) is 7.06. The van der Waals surface area contributed by atoms with Crippen LogP contribution in [0, 0.1) is 0 Å². The van der Waals surface area contributed by atoms with Crippen molar-refractivity contribution in [1.29, 1.82) is 0 Å². The third-order valence-corrected chi connectivity index (χ3v) is 9.37. The number of fused-ring (bicyclic) bond motifs is 12. The summed E-state index contributed by atoms with van der Waals surface area (Å²) in [5, 5.41) is 8.30. The highest BCUT2D eigenvalue weighted by molar-refractivity contribution is 6.21. The molecule has 0 fully saturated rings. The predicted molar refractivity (Wildman–Crippen MR) is 194 cm³/mol. The van der Waals surface area contributed by atoms with E-state index in [0.29, 0.717) is 0 Å². The van der Waals surface area contributed by atoms with E-state index in [2.05, 4.69) is 91.5 Å². The van der Waals surface area contributed by atoms with Crippen molar-refractivity contribution in [1.82, 2.24) is 0 Å². The molecule has 0 bridgehead atoms. The van der Waals surface area contributed by atoms with Crippen molar-refractivity contribution >= 4 is 93.3 Å². The lowest BCUT2D eigenvalue weighted by Gasteiger charge is -2.01. The normalized spacial score (nSPS) is 12.9. The van der Waals surface area contributed by atoms with Crippen LogP contribution < -0.4 is 0 Å². The number of allylic oxidation sites excluding steroid dienone is 5. The van der Waals surface area contributed by atoms with Gasteiger partial charge in [0, 0.05) is 55.2 Å². The lowest BCUT2D eigenvalue weighted by atomic mass is 10.0. The van der Waals surface area contributed by atoms with Crippen LogP contribution in [-0.4, -0.2) is 0 Å². The smallest absolute Gasteiger partial charge is 0.139 e. The number of hydrogen-bond acceptors (Lipinski definition) is 4. The molecule has 0 amide bonds. The summed E-state index contributed by atoms with van der Waals surface area (Å²) in [6.07, 6.45) is 7.97. The van der Waals surface area contributed by atoms with Crippen molar-refractivity contribution in [3.8, 4) is 11.1 Å². The molecule has 0 radical (unpaired) electrons. The Labute approximate surface area is 268 Å². The first-order valence-corrected chi connectivity index (χ1v) is 15.7. The highest BCUT2D eigenvalue weighted by atomic mass is 16.4. The van der Waals surface area contributed by atoms with Gasteiger partial charge in [0.25, 0.3) is 0 Å². The number of hydrogen-bond donors (Lipinski definition) is 0. The van der Waals surface area contributed by atoms with E-state index >= 15 is 0 Å². The lowest BCUT2D eigenvalue weighted by Crippen LogP contribution is -1.80. The molecule has 0 atom stereocenters. The second kappa shape index (κ2) is 9.62. The summed E-state index contributed by atoms with van der Waals surface area (Å²) < 4.78 is 25.5. The molecule has 4 heteroatoms. The Morgan fingerprint density at radius 3 is 1.53 bits per heavy atom. The van der Waals surface area contributed by atoms with E-state index in [-0.39, 0.29) is 0 Å². The highest BCUT2D eigenvalue weighted by Crippen LogP contribution is 2.42. The van der Waals surface area contributed by atoms with Crippen LogP contribution in [-0.2, 0) is 0 Å². The van der Waals surface area contributed by atoms with Crippen LogP contribution >= 0.6 is 0 Å². The van der Waals surface area contributed by atoms with Crippen molar-refractivity contribution in [2.45, 2.75) is 6.92 Å². The molecular formula is C43H26O4. The minimum Gasteiger partial charge on any atom is -0.456 e. The van der Waals surface area contributed by atoms with Gasteiger partial charge < -0.3 is 17.7 Å².